The zero-order valence-electron chi connectivity index (χ0n) is 5.88. The van der Waals surface area contributed by atoms with Gasteiger partial charge in [-0.1, -0.05) is 6.42 Å². The third-order valence-corrected chi connectivity index (χ3v) is 2.53. The van der Waals surface area contributed by atoms with E-state index in [1.54, 1.807) is 0 Å². The first kappa shape index (κ1) is 5.91. The van der Waals surface area contributed by atoms with Crippen LogP contribution in [0.15, 0.2) is 4.99 Å². The number of nitrogens with zero attached hydrogens (tertiary/aromatic N) is 2. The minimum Gasteiger partial charge on any atom is -0.275 e. The molecule has 0 N–H and O–H groups in total. The highest BCUT2D eigenvalue weighted by Crippen LogP contribution is 2.35. The zero-order valence-corrected chi connectivity index (χ0v) is 5.88. The van der Waals surface area contributed by atoms with E-state index in [1.807, 2.05) is 0 Å². The molecule has 1 heterocycles. The van der Waals surface area contributed by atoms with Crippen LogP contribution in [-0.2, 0) is 0 Å². The Balaban J connectivity index is 2.15. The second-order valence-corrected chi connectivity index (χ2v) is 3.15. The van der Waals surface area contributed by atoms with Crippen molar-refractivity contribution in [1.82, 2.24) is 0 Å². The lowest BCUT2D eigenvalue weighted by molar-refractivity contribution is 0.536. The molecule has 0 bridgehead atoms. The highest BCUT2D eigenvalue weighted by Gasteiger charge is 2.32. The lowest BCUT2D eigenvalue weighted by atomic mass is 10.0. The minimum atomic E-state index is 0.523. The molecule has 0 aromatic carbocycles. The number of nitriles is 1. The molecular weight excluding hydrogens is 124 g/mol. The Kier molecular flexibility index (Phi) is 1.23. The van der Waals surface area contributed by atoms with E-state index in [2.05, 4.69) is 11.1 Å². The summed E-state index contributed by atoms with van der Waals surface area (Å²) in [5, 5.41) is 8.54. The molecule has 0 aromatic rings. The number of fused-ring (bicyclic) bond motifs is 1. The van der Waals surface area contributed by atoms with Crippen molar-refractivity contribution in [2.45, 2.75) is 31.7 Å². The maximum atomic E-state index is 8.54. The van der Waals surface area contributed by atoms with Gasteiger partial charge in [-0.15, -0.1) is 0 Å². The summed E-state index contributed by atoms with van der Waals surface area (Å²) in [5.41, 5.74) is 0.787. The van der Waals surface area contributed by atoms with Crippen LogP contribution in [0, 0.1) is 17.2 Å². The smallest absolute Gasteiger partial charge is 0.114 e. The monoisotopic (exact) mass is 134 g/mol. The predicted molar refractivity (Wildman–Crippen MR) is 38.8 cm³/mol. The van der Waals surface area contributed by atoms with Gasteiger partial charge in [0.1, 0.15) is 11.8 Å². The van der Waals surface area contributed by atoms with Crippen LogP contribution in [0.4, 0.5) is 0 Å². The van der Waals surface area contributed by atoms with Crippen LogP contribution in [0.25, 0.3) is 0 Å². The molecular formula is C8H10N2. The Labute approximate surface area is 60.6 Å². The van der Waals surface area contributed by atoms with Gasteiger partial charge < -0.3 is 0 Å². The molecule has 52 valence electrons. The van der Waals surface area contributed by atoms with Crippen molar-refractivity contribution in [2.24, 2.45) is 10.9 Å². The van der Waals surface area contributed by atoms with Gasteiger partial charge in [-0.2, -0.15) is 5.26 Å². The largest absolute Gasteiger partial charge is 0.275 e. The predicted octanol–water partition coefficient (Wildman–Crippen LogP) is 1.52. The van der Waals surface area contributed by atoms with E-state index in [4.69, 9.17) is 5.26 Å². The van der Waals surface area contributed by atoms with Gasteiger partial charge in [0.25, 0.3) is 0 Å². The summed E-state index contributed by atoms with van der Waals surface area (Å²) < 4.78 is 0. The van der Waals surface area contributed by atoms with Gasteiger partial charge in [0.2, 0.25) is 0 Å². The molecule has 0 spiro atoms. The summed E-state index contributed by atoms with van der Waals surface area (Å²) in [6.07, 6.45) is 4.79. The summed E-state index contributed by atoms with van der Waals surface area (Å²) in [6.45, 7) is 0. The van der Waals surface area contributed by atoms with Crippen LogP contribution >= 0.6 is 0 Å². The maximum Gasteiger partial charge on any atom is 0.114 e. The molecule has 0 radical (unpaired) electrons. The quantitative estimate of drug-likeness (QED) is 0.494. The molecule has 1 saturated carbocycles. The highest BCUT2D eigenvalue weighted by molar-refractivity contribution is 5.99. The molecule has 2 unspecified atom stereocenters. The van der Waals surface area contributed by atoms with Crippen molar-refractivity contribution in [3.05, 3.63) is 0 Å². The summed E-state index contributed by atoms with van der Waals surface area (Å²) in [5.74, 6) is 0.731. The van der Waals surface area contributed by atoms with Crippen LogP contribution in [0.5, 0.6) is 0 Å². The van der Waals surface area contributed by atoms with Gasteiger partial charge in [0.15, 0.2) is 0 Å². The second-order valence-electron chi connectivity index (χ2n) is 3.15. The maximum absolute atomic E-state index is 8.54. The normalized spacial score (nSPS) is 36.9. The van der Waals surface area contributed by atoms with Crippen molar-refractivity contribution in [3.63, 3.8) is 0 Å². The number of rotatable bonds is 0. The molecule has 2 aliphatic rings. The average molecular weight is 134 g/mol. The van der Waals surface area contributed by atoms with Gasteiger partial charge in [-0.25, -0.2) is 0 Å². The van der Waals surface area contributed by atoms with E-state index < -0.39 is 0 Å². The molecule has 1 aliphatic heterocycles. The van der Waals surface area contributed by atoms with Crippen LogP contribution in [0.3, 0.4) is 0 Å². The van der Waals surface area contributed by atoms with Crippen molar-refractivity contribution >= 4 is 5.71 Å². The van der Waals surface area contributed by atoms with Crippen LogP contribution in [-0.4, -0.2) is 11.8 Å². The van der Waals surface area contributed by atoms with Gasteiger partial charge in [0.05, 0.1) is 6.04 Å². The van der Waals surface area contributed by atoms with Crippen molar-refractivity contribution in [2.75, 3.05) is 0 Å². The lowest BCUT2D eigenvalue weighted by Gasteiger charge is -2.02. The molecule has 0 aromatic heterocycles. The van der Waals surface area contributed by atoms with E-state index in [9.17, 15) is 0 Å². The Morgan fingerprint density at radius 3 is 3.10 bits per heavy atom. The first-order chi connectivity index (χ1) is 4.90. The Bertz CT molecular complexity index is 212. The molecule has 2 nitrogen and oxygen atoms in total. The molecule has 0 saturated heterocycles. The summed E-state index contributed by atoms with van der Waals surface area (Å²) in [6, 6.07) is 2.67. The van der Waals surface area contributed by atoms with Crippen LogP contribution < -0.4 is 0 Å². The fourth-order valence-corrected chi connectivity index (χ4v) is 2.00. The van der Waals surface area contributed by atoms with E-state index >= 15 is 0 Å². The van der Waals surface area contributed by atoms with E-state index in [1.165, 1.54) is 19.3 Å². The molecule has 10 heavy (non-hydrogen) atoms. The number of hydrogen-bond donors (Lipinski definition) is 0. The van der Waals surface area contributed by atoms with Crippen LogP contribution in [0.1, 0.15) is 25.7 Å². The number of aliphatic imine (C=N–C) groups is 1. The third kappa shape index (κ3) is 0.740. The van der Waals surface area contributed by atoms with Gasteiger partial charge in [-0.3, -0.25) is 4.99 Å². The molecule has 0 amide bonds. The Morgan fingerprint density at radius 2 is 2.40 bits per heavy atom. The molecule has 2 rings (SSSR count). The second kappa shape index (κ2) is 2.09. The van der Waals surface area contributed by atoms with Gasteiger partial charge in [0, 0.05) is 6.42 Å². The first-order valence-electron chi connectivity index (χ1n) is 3.87. The SMILES string of the molecule is N#CC1=NC2CCCC2C1. The fraction of sp³-hybridized carbons (Fsp3) is 0.750. The van der Waals surface area contributed by atoms with E-state index in [-0.39, 0.29) is 0 Å². The third-order valence-electron chi connectivity index (χ3n) is 2.53. The standard InChI is InChI=1S/C8H10N2/c9-5-7-4-6-2-1-3-8(6)10-7/h6,8H,1-4H2. The van der Waals surface area contributed by atoms with Crippen molar-refractivity contribution in [3.8, 4) is 6.07 Å². The number of hydrogen-bond acceptors (Lipinski definition) is 2. The summed E-state index contributed by atoms with van der Waals surface area (Å²) in [7, 11) is 0. The Hall–Kier alpha value is -0.840. The first-order valence-corrected chi connectivity index (χ1v) is 3.87. The van der Waals surface area contributed by atoms with Gasteiger partial charge >= 0.3 is 0 Å². The van der Waals surface area contributed by atoms with Gasteiger partial charge in [-0.05, 0) is 18.8 Å². The average Bonchev–Trinajstić information content (AvgIpc) is 2.42. The fourth-order valence-electron chi connectivity index (χ4n) is 2.00. The molecule has 2 heteroatoms. The zero-order chi connectivity index (χ0) is 6.97. The van der Waals surface area contributed by atoms with E-state index in [0.717, 1.165) is 18.1 Å². The van der Waals surface area contributed by atoms with Crippen LogP contribution in [0.2, 0.25) is 0 Å². The van der Waals surface area contributed by atoms with E-state index in [0.29, 0.717) is 6.04 Å². The minimum absolute atomic E-state index is 0.523. The Morgan fingerprint density at radius 1 is 1.50 bits per heavy atom. The molecule has 1 fully saturated rings. The lowest BCUT2D eigenvalue weighted by Crippen LogP contribution is -2.03. The molecule has 1 aliphatic carbocycles. The molecule has 2 atom stereocenters. The van der Waals surface area contributed by atoms with Crippen molar-refractivity contribution in [1.29, 1.82) is 5.26 Å². The summed E-state index contributed by atoms with van der Waals surface area (Å²) >= 11 is 0. The van der Waals surface area contributed by atoms with Crippen molar-refractivity contribution < 1.29 is 0 Å². The topological polar surface area (TPSA) is 36.1 Å². The summed E-state index contributed by atoms with van der Waals surface area (Å²) in [4.78, 5) is 4.32. The highest BCUT2D eigenvalue weighted by atomic mass is 14.9.